The summed E-state index contributed by atoms with van der Waals surface area (Å²) in [5.41, 5.74) is 4.03. The van der Waals surface area contributed by atoms with Gasteiger partial charge in [0, 0.05) is 18.8 Å². The average Bonchev–Trinajstić information content (AvgIpc) is 2.63. The maximum atomic E-state index is 11.7. The molecule has 1 heterocycles. The summed E-state index contributed by atoms with van der Waals surface area (Å²) < 4.78 is 10.4. The minimum atomic E-state index is -0.276. The van der Waals surface area contributed by atoms with Crippen molar-refractivity contribution in [1.29, 1.82) is 0 Å². The topological polar surface area (TPSA) is 38.8 Å². The Bertz CT molecular complexity index is 643. The van der Waals surface area contributed by atoms with Gasteiger partial charge in [0.2, 0.25) is 0 Å². The minimum absolute atomic E-state index is 0.276. The third-order valence-electron chi connectivity index (χ3n) is 3.97. The lowest BCUT2D eigenvalue weighted by Gasteiger charge is -2.28. The molecule has 0 atom stereocenters. The molecule has 23 heavy (non-hydrogen) atoms. The highest BCUT2D eigenvalue weighted by atomic mass is 16.5. The fourth-order valence-electron chi connectivity index (χ4n) is 2.70. The van der Waals surface area contributed by atoms with Crippen LogP contribution in [0.1, 0.15) is 17.3 Å². The van der Waals surface area contributed by atoms with Gasteiger partial charge in [-0.25, -0.2) is 4.79 Å². The Balaban J connectivity index is 1.72. The summed E-state index contributed by atoms with van der Waals surface area (Å²) in [7, 11) is 0. The molecular formula is C19H21NO3. The molecule has 0 aliphatic carbocycles. The highest BCUT2D eigenvalue weighted by Gasteiger charge is 2.11. The molecule has 1 saturated heterocycles. The van der Waals surface area contributed by atoms with Gasteiger partial charge in [-0.05, 0) is 42.3 Å². The second-order valence-electron chi connectivity index (χ2n) is 5.44. The van der Waals surface area contributed by atoms with Crippen molar-refractivity contribution in [2.45, 2.75) is 6.92 Å². The largest absolute Gasteiger partial charge is 0.462 e. The Morgan fingerprint density at radius 2 is 1.57 bits per heavy atom. The molecule has 0 saturated carbocycles. The van der Waals surface area contributed by atoms with E-state index in [0.717, 1.165) is 37.4 Å². The number of esters is 1. The van der Waals surface area contributed by atoms with Crippen molar-refractivity contribution < 1.29 is 14.3 Å². The van der Waals surface area contributed by atoms with E-state index >= 15 is 0 Å². The number of benzene rings is 2. The summed E-state index contributed by atoms with van der Waals surface area (Å²) in [6.07, 6.45) is 0. The lowest BCUT2D eigenvalue weighted by Crippen LogP contribution is -2.36. The fourth-order valence-corrected chi connectivity index (χ4v) is 2.70. The van der Waals surface area contributed by atoms with Crippen LogP contribution in [0, 0.1) is 0 Å². The van der Waals surface area contributed by atoms with Crippen molar-refractivity contribution in [1.82, 2.24) is 0 Å². The van der Waals surface area contributed by atoms with E-state index in [1.807, 2.05) is 31.2 Å². The van der Waals surface area contributed by atoms with Gasteiger partial charge in [-0.3, -0.25) is 0 Å². The standard InChI is InChI=1S/C19H21NO3/c1-2-23-19(21)17-5-3-15(4-6-17)16-7-9-18(10-8-16)20-11-13-22-14-12-20/h3-10H,2,11-14H2,1H3. The van der Waals surface area contributed by atoms with E-state index in [9.17, 15) is 4.79 Å². The van der Waals surface area contributed by atoms with E-state index in [4.69, 9.17) is 9.47 Å². The number of ether oxygens (including phenoxy) is 2. The third-order valence-corrected chi connectivity index (χ3v) is 3.97. The van der Waals surface area contributed by atoms with Crippen molar-refractivity contribution in [2.24, 2.45) is 0 Å². The maximum absolute atomic E-state index is 11.7. The van der Waals surface area contributed by atoms with Crippen LogP contribution in [0.5, 0.6) is 0 Å². The van der Waals surface area contributed by atoms with Gasteiger partial charge >= 0.3 is 5.97 Å². The van der Waals surface area contributed by atoms with E-state index < -0.39 is 0 Å². The van der Waals surface area contributed by atoms with Gasteiger partial charge in [0.05, 0.1) is 25.4 Å². The second kappa shape index (κ2) is 7.29. The molecule has 1 aliphatic heterocycles. The monoisotopic (exact) mass is 311 g/mol. The molecule has 0 radical (unpaired) electrons. The zero-order valence-electron chi connectivity index (χ0n) is 13.3. The fraction of sp³-hybridized carbons (Fsp3) is 0.316. The number of carbonyl (C=O) groups excluding carboxylic acids is 1. The van der Waals surface area contributed by atoms with Gasteiger partial charge in [-0.1, -0.05) is 24.3 Å². The SMILES string of the molecule is CCOC(=O)c1ccc(-c2ccc(N3CCOCC3)cc2)cc1. The molecule has 0 unspecified atom stereocenters. The second-order valence-corrected chi connectivity index (χ2v) is 5.44. The molecule has 2 aromatic carbocycles. The number of carbonyl (C=O) groups is 1. The van der Waals surface area contributed by atoms with Gasteiger partial charge in [0.15, 0.2) is 0 Å². The molecule has 1 aliphatic rings. The van der Waals surface area contributed by atoms with E-state index in [1.54, 1.807) is 0 Å². The third kappa shape index (κ3) is 3.71. The van der Waals surface area contributed by atoms with E-state index in [1.165, 1.54) is 5.69 Å². The summed E-state index contributed by atoms with van der Waals surface area (Å²) in [5, 5.41) is 0. The maximum Gasteiger partial charge on any atom is 0.338 e. The van der Waals surface area contributed by atoms with Gasteiger partial charge in [-0.2, -0.15) is 0 Å². The van der Waals surface area contributed by atoms with Gasteiger partial charge < -0.3 is 14.4 Å². The summed E-state index contributed by atoms with van der Waals surface area (Å²) in [6, 6.07) is 16.0. The Morgan fingerprint density at radius 1 is 1.00 bits per heavy atom. The predicted octanol–water partition coefficient (Wildman–Crippen LogP) is 3.37. The summed E-state index contributed by atoms with van der Waals surface area (Å²) in [5.74, 6) is -0.276. The molecule has 4 heteroatoms. The highest BCUT2D eigenvalue weighted by molar-refractivity contribution is 5.90. The van der Waals surface area contributed by atoms with Crippen LogP contribution in [0.3, 0.4) is 0 Å². The van der Waals surface area contributed by atoms with Crippen molar-refractivity contribution in [3.8, 4) is 11.1 Å². The van der Waals surface area contributed by atoms with Crippen LogP contribution >= 0.6 is 0 Å². The lowest BCUT2D eigenvalue weighted by atomic mass is 10.0. The van der Waals surface area contributed by atoms with Crippen LogP contribution in [-0.2, 0) is 9.47 Å². The first-order valence-electron chi connectivity index (χ1n) is 7.98. The van der Waals surface area contributed by atoms with Gasteiger partial charge in [0.25, 0.3) is 0 Å². The molecular weight excluding hydrogens is 290 g/mol. The molecule has 4 nitrogen and oxygen atoms in total. The first kappa shape index (κ1) is 15.6. The number of hydrogen-bond acceptors (Lipinski definition) is 4. The highest BCUT2D eigenvalue weighted by Crippen LogP contribution is 2.24. The van der Waals surface area contributed by atoms with Crippen molar-refractivity contribution in [2.75, 3.05) is 37.8 Å². The van der Waals surface area contributed by atoms with Crippen molar-refractivity contribution >= 4 is 11.7 Å². The zero-order valence-corrected chi connectivity index (χ0v) is 13.3. The predicted molar refractivity (Wildman–Crippen MR) is 90.9 cm³/mol. The van der Waals surface area contributed by atoms with Crippen LogP contribution in [0.2, 0.25) is 0 Å². The normalized spacial score (nSPS) is 14.6. The number of anilines is 1. The first-order chi connectivity index (χ1) is 11.3. The van der Waals surface area contributed by atoms with Crippen molar-refractivity contribution in [3.63, 3.8) is 0 Å². The molecule has 0 spiro atoms. The van der Waals surface area contributed by atoms with Gasteiger partial charge in [-0.15, -0.1) is 0 Å². The van der Waals surface area contributed by atoms with Crippen LogP contribution in [0.25, 0.3) is 11.1 Å². The van der Waals surface area contributed by atoms with Crippen LogP contribution < -0.4 is 4.90 Å². The van der Waals surface area contributed by atoms with E-state index in [-0.39, 0.29) is 5.97 Å². The zero-order chi connectivity index (χ0) is 16.1. The lowest BCUT2D eigenvalue weighted by molar-refractivity contribution is 0.0526. The van der Waals surface area contributed by atoms with Crippen LogP contribution in [0.4, 0.5) is 5.69 Å². The van der Waals surface area contributed by atoms with Gasteiger partial charge in [0.1, 0.15) is 0 Å². The van der Waals surface area contributed by atoms with E-state index in [0.29, 0.717) is 12.2 Å². The van der Waals surface area contributed by atoms with Crippen molar-refractivity contribution in [3.05, 3.63) is 54.1 Å². The molecule has 3 rings (SSSR count). The molecule has 120 valence electrons. The van der Waals surface area contributed by atoms with Crippen LogP contribution in [-0.4, -0.2) is 38.9 Å². The van der Waals surface area contributed by atoms with E-state index in [2.05, 4.69) is 29.2 Å². The molecule has 1 fully saturated rings. The molecule has 2 aromatic rings. The average molecular weight is 311 g/mol. The number of rotatable bonds is 4. The number of hydrogen-bond donors (Lipinski definition) is 0. The molecule has 0 bridgehead atoms. The number of morpholine rings is 1. The summed E-state index contributed by atoms with van der Waals surface area (Å²) in [6.45, 7) is 5.65. The molecule has 0 aromatic heterocycles. The van der Waals surface area contributed by atoms with Crippen LogP contribution in [0.15, 0.2) is 48.5 Å². The molecule has 0 N–H and O–H groups in total. The minimum Gasteiger partial charge on any atom is -0.462 e. The Morgan fingerprint density at radius 3 is 2.13 bits per heavy atom. The quantitative estimate of drug-likeness (QED) is 0.812. The number of nitrogens with zero attached hydrogens (tertiary/aromatic N) is 1. The first-order valence-corrected chi connectivity index (χ1v) is 7.98. The Labute approximate surface area is 136 Å². The smallest absolute Gasteiger partial charge is 0.338 e. The Hall–Kier alpha value is -2.33. The Kier molecular flexibility index (Phi) is 4.93. The summed E-state index contributed by atoms with van der Waals surface area (Å²) >= 11 is 0. The molecule has 0 amide bonds. The summed E-state index contributed by atoms with van der Waals surface area (Å²) in [4.78, 5) is 14.0.